The van der Waals surface area contributed by atoms with E-state index in [0.717, 1.165) is 31.4 Å². The third-order valence-electron chi connectivity index (χ3n) is 3.39. The molecular weight excluding hydrogens is 238 g/mol. The molecule has 0 saturated heterocycles. The van der Waals surface area contributed by atoms with Crippen molar-refractivity contribution < 1.29 is 9.47 Å². The van der Waals surface area contributed by atoms with Gasteiger partial charge in [-0.3, -0.25) is 0 Å². The van der Waals surface area contributed by atoms with E-state index >= 15 is 0 Å². The van der Waals surface area contributed by atoms with Crippen molar-refractivity contribution in [2.45, 2.75) is 32.7 Å². The van der Waals surface area contributed by atoms with Crippen LogP contribution in [0.4, 0.5) is 0 Å². The first-order valence-corrected chi connectivity index (χ1v) is 7.39. The first kappa shape index (κ1) is 14.4. The van der Waals surface area contributed by atoms with Gasteiger partial charge in [-0.2, -0.15) is 0 Å². The molecule has 0 atom stereocenters. The van der Waals surface area contributed by atoms with Gasteiger partial charge in [0.05, 0.1) is 6.61 Å². The van der Waals surface area contributed by atoms with Crippen LogP contribution in [0.5, 0.6) is 5.75 Å². The van der Waals surface area contributed by atoms with Gasteiger partial charge in [0.25, 0.3) is 0 Å². The molecular formula is C16H25NO2. The van der Waals surface area contributed by atoms with Crippen molar-refractivity contribution in [2.75, 3.05) is 26.4 Å². The summed E-state index contributed by atoms with van der Waals surface area (Å²) in [5, 5.41) is 3.32. The number of nitrogens with one attached hydrogen (secondary N) is 1. The maximum Gasteiger partial charge on any atom is 0.123 e. The Morgan fingerprint density at radius 1 is 1.16 bits per heavy atom. The zero-order valence-electron chi connectivity index (χ0n) is 11.9. The average molecular weight is 263 g/mol. The van der Waals surface area contributed by atoms with Gasteiger partial charge in [0.1, 0.15) is 12.4 Å². The van der Waals surface area contributed by atoms with Gasteiger partial charge in [-0.1, -0.05) is 38.0 Å². The molecule has 3 nitrogen and oxygen atoms in total. The predicted octanol–water partition coefficient (Wildman–Crippen LogP) is 2.99. The minimum atomic E-state index is 0.633. The number of ether oxygens (including phenoxy) is 2. The molecule has 106 valence electrons. The van der Waals surface area contributed by atoms with Crippen LogP contribution in [0.3, 0.4) is 0 Å². The number of hydrogen-bond acceptors (Lipinski definition) is 3. The lowest BCUT2D eigenvalue weighted by atomic mass is 10.2. The van der Waals surface area contributed by atoms with E-state index in [2.05, 4.69) is 18.3 Å². The Balaban J connectivity index is 1.63. The quantitative estimate of drug-likeness (QED) is 0.658. The van der Waals surface area contributed by atoms with Crippen molar-refractivity contribution in [1.29, 1.82) is 0 Å². The second kappa shape index (κ2) is 8.18. The molecule has 1 aliphatic rings. The van der Waals surface area contributed by atoms with Crippen molar-refractivity contribution in [3.8, 4) is 5.75 Å². The van der Waals surface area contributed by atoms with Crippen molar-refractivity contribution in [2.24, 2.45) is 5.92 Å². The lowest BCUT2D eigenvalue weighted by Gasteiger charge is -2.12. The summed E-state index contributed by atoms with van der Waals surface area (Å²) in [4.78, 5) is 0. The van der Waals surface area contributed by atoms with Gasteiger partial charge in [0.2, 0.25) is 0 Å². The molecule has 1 aliphatic carbocycles. The van der Waals surface area contributed by atoms with Crippen LogP contribution in [-0.4, -0.2) is 26.4 Å². The monoisotopic (exact) mass is 263 g/mol. The minimum Gasteiger partial charge on any atom is -0.491 e. The maximum atomic E-state index is 5.79. The highest BCUT2D eigenvalue weighted by Gasteiger charge is 2.20. The predicted molar refractivity (Wildman–Crippen MR) is 77.5 cm³/mol. The topological polar surface area (TPSA) is 30.5 Å². The molecule has 1 fully saturated rings. The summed E-state index contributed by atoms with van der Waals surface area (Å²) in [6.07, 6.45) is 4.02. The third kappa shape index (κ3) is 5.62. The molecule has 19 heavy (non-hydrogen) atoms. The molecule has 1 saturated carbocycles. The van der Waals surface area contributed by atoms with Crippen LogP contribution < -0.4 is 10.1 Å². The van der Waals surface area contributed by atoms with Crippen LogP contribution >= 0.6 is 0 Å². The number of benzene rings is 1. The summed E-state index contributed by atoms with van der Waals surface area (Å²) in [6.45, 7) is 6.13. The van der Waals surface area contributed by atoms with Crippen molar-refractivity contribution in [3.63, 3.8) is 0 Å². The lowest BCUT2D eigenvalue weighted by molar-refractivity contribution is 0.0955. The highest BCUT2D eigenvalue weighted by atomic mass is 16.5. The van der Waals surface area contributed by atoms with Gasteiger partial charge in [-0.25, -0.2) is 0 Å². The van der Waals surface area contributed by atoms with E-state index in [1.54, 1.807) is 0 Å². The van der Waals surface area contributed by atoms with E-state index in [-0.39, 0.29) is 0 Å². The summed E-state index contributed by atoms with van der Waals surface area (Å²) in [5.41, 5.74) is 1.21. The summed E-state index contributed by atoms with van der Waals surface area (Å²) in [7, 11) is 0. The highest BCUT2D eigenvalue weighted by Crippen LogP contribution is 2.32. The normalized spacial score (nSPS) is 14.6. The van der Waals surface area contributed by atoms with E-state index in [0.29, 0.717) is 13.2 Å². The van der Waals surface area contributed by atoms with E-state index in [1.807, 2.05) is 18.2 Å². The molecule has 0 unspecified atom stereocenters. The number of para-hydroxylation sites is 1. The Hall–Kier alpha value is -1.06. The van der Waals surface area contributed by atoms with E-state index < -0.39 is 0 Å². The molecule has 0 amide bonds. The summed E-state index contributed by atoms with van der Waals surface area (Å²) < 4.78 is 11.4. The molecule has 0 bridgehead atoms. The minimum absolute atomic E-state index is 0.633. The Morgan fingerprint density at radius 2 is 2.00 bits per heavy atom. The largest absolute Gasteiger partial charge is 0.491 e. The molecule has 0 radical (unpaired) electrons. The van der Waals surface area contributed by atoms with Crippen LogP contribution in [0.15, 0.2) is 24.3 Å². The lowest BCUT2D eigenvalue weighted by Crippen LogP contribution is -2.14. The highest BCUT2D eigenvalue weighted by molar-refractivity contribution is 5.33. The van der Waals surface area contributed by atoms with E-state index in [1.165, 1.54) is 24.8 Å². The van der Waals surface area contributed by atoms with Crippen LogP contribution in [0.2, 0.25) is 0 Å². The van der Waals surface area contributed by atoms with Gasteiger partial charge >= 0.3 is 0 Å². The van der Waals surface area contributed by atoms with E-state index in [9.17, 15) is 0 Å². The van der Waals surface area contributed by atoms with Gasteiger partial charge in [-0.15, -0.1) is 0 Å². The van der Waals surface area contributed by atoms with E-state index in [4.69, 9.17) is 9.47 Å². The summed E-state index contributed by atoms with van der Waals surface area (Å²) in [6, 6.07) is 8.19. The van der Waals surface area contributed by atoms with Crippen molar-refractivity contribution >= 4 is 0 Å². The molecule has 1 aromatic carbocycles. The molecule has 2 rings (SSSR count). The Morgan fingerprint density at radius 3 is 2.79 bits per heavy atom. The van der Waals surface area contributed by atoms with Gasteiger partial charge in [0, 0.05) is 18.7 Å². The maximum absolute atomic E-state index is 5.79. The second-order valence-corrected chi connectivity index (χ2v) is 5.08. The Labute approximate surface area is 116 Å². The van der Waals surface area contributed by atoms with Crippen LogP contribution in [-0.2, 0) is 11.3 Å². The smallest absolute Gasteiger partial charge is 0.123 e. The molecule has 0 aromatic heterocycles. The summed E-state index contributed by atoms with van der Waals surface area (Å²) in [5.74, 6) is 1.91. The third-order valence-corrected chi connectivity index (χ3v) is 3.39. The molecule has 0 aliphatic heterocycles. The van der Waals surface area contributed by atoms with Gasteiger partial charge in [0.15, 0.2) is 0 Å². The summed E-state index contributed by atoms with van der Waals surface area (Å²) >= 11 is 0. The van der Waals surface area contributed by atoms with Crippen molar-refractivity contribution in [1.82, 2.24) is 5.32 Å². The fourth-order valence-corrected chi connectivity index (χ4v) is 2.02. The van der Waals surface area contributed by atoms with Crippen LogP contribution in [0.1, 0.15) is 31.7 Å². The van der Waals surface area contributed by atoms with Gasteiger partial charge < -0.3 is 14.8 Å². The Kier molecular flexibility index (Phi) is 6.18. The zero-order chi connectivity index (χ0) is 13.3. The van der Waals surface area contributed by atoms with Crippen LogP contribution in [0, 0.1) is 5.92 Å². The molecule has 0 spiro atoms. The zero-order valence-corrected chi connectivity index (χ0v) is 11.9. The Bertz CT molecular complexity index is 364. The standard InChI is InChI=1S/C16H25NO2/c1-2-17-13-15-5-3-4-6-16(15)19-12-11-18-10-9-14-7-8-14/h3-6,14,17H,2,7-13H2,1H3. The second-order valence-electron chi connectivity index (χ2n) is 5.08. The molecule has 1 N–H and O–H groups in total. The van der Waals surface area contributed by atoms with Crippen molar-refractivity contribution in [3.05, 3.63) is 29.8 Å². The van der Waals surface area contributed by atoms with Gasteiger partial charge in [-0.05, 0) is 24.9 Å². The number of hydrogen-bond donors (Lipinski definition) is 1. The number of rotatable bonds is 10. The van der Waals surface area contributed by atoms with Crippen LogP contribution in [0.25, 0.3) is 0 Å². The molecule has 1 aromatic rings. The fraction of sp³-hybridized carbons (Fsp3) is 0.625. The average Bonchev–Trinajstić information content (AvgIpc) is 3.25. The fourth-order valence-electron chi connectivity index (χ4n) is 2.02. The molecule has 3 heteroatoms. The first-order valence-electron chi connectivity index (χ1n) is 7.39. The first-order chi connectivity index (χ1) is 9.40. The molecule has 0 heterocycles. The SMILES string of the molecule is CCNCc1ccccc1OCCOCCC1CC1.